The predicted octanol–water partition coefficient (Wildman–Crippen LogP) is 31.1. The molecule has 0 aliphatic heterocycles. The van der Waals surface area contributed by atoms with Gasteiger partial charge in [0.05, 0.1) is 11.0 Å². The van der Waals surface area contributed by atoms with E-state index >= 15 is 0 Å². The molecule has 0 unspecified atom stereocenters. The van der Waals surface area contributed by atoms with Crippen LogP contribution in [0.3, 0.4) is 0 Å². The standard InChI is InChI=1S/C110H89N5/c1-74-32-24-28-46-99(74)103-58-52-91(62-78(103)5)111(86-36-14-9-15-37-86)95-66-84(67-96(72-95)112(87-38-16-10-17-39-87)92-53-59-104(79(6)63-92)100-47-29-25-33-75(100)2)82-50-56-107-108-57-51-83(71-110(108)115(109(107)70-82)90-44-22-13-23-45-90)85-68-97(113(88-40-18-11-19-41-88)93-54-60-105(80(7)64-93)101-48-30-26-34-76(101)3)73-98(69-85)114(89-42-20-12-21-43-89)94-55-61-106(81(8)65-94)102-49-31-27-35-77(102)4/h9-73H,1-8H3. The first-order chi connectivity index (χ1) is 56.3. The van der Waals surface area contributed by atoms with E-state index < -0.39 is 0 Å². The quantitative estimate of drug-likeness (QED) is 0.0803. The van der Waals surface area contributed by atoms with Crippen LogP contribution in [0.2, 0.25) is 0 Å². The van der Waals surface area contributed by atoms with Gasteiger partial charge in [0.1, 0.15) is 0 Å². The molecular weight excluding hydrogens is 1390 g/mol. The zero-order valence-corrected chi connectivity index (χ0v) is 66.3. The van der Waals surface area contributed by atoms with E-state index in [1.54, 1.807) is 0 Å². The first kappa shape index (κ1) is 72.3. The first-order valence-corrected chi connectivity index (χ1v) is 39.9. The van der Waals surface area contributed by atoms with Gasteiger partial charge in [-0.3, -0.25) is 0 Å². The Morgan fingerprint density at radius 3 is 0.643 bits per heavy atom. The summed E-state index contributed by atoms with van der Waals surface area (Å²) in [5, 5.41) is 2.31. The van der Waals surface area contributed by atoms with Crippen LogP contribution in [0, 0.1) is 55.4 Å². The van der Waals surface area contributed by atoms with Gasteiger partial charge in [-0.25, -0.2) is 0 Å². The molecule has 1 aromatic heterocycles. The molecule has 0 saturated heterocycles. The average molecular weight is 1480 g/mol. The second kappa shape index (κ2) is 31.1. The van der Waals surface area contributed by atoms with Crippen LogP contribution in [0.5, 0.6) is 0 Å². The summed E-state index contributed by atoms with van der Waals surface area (Å²) in [6, 6.07) is 146. The van der Waals surface area contributed by atoms with Crippen LogP contribution in [-0.2, 0) is 0 Å². The topological polar surface area (TPSA) is 17.9 Å². The van der Waals surface area contributed by atoms with Crippen molar-refractivity contribution in [2.24, 2.45) is 0 Å². The minimum absolute atomic E-state index is 1.02. The molecule has 0 atom stereocenters. The van der Waals surface area contributed by atoms with Crippen molar-refractivity contribution in [3.8, 4) is 72.4 Å². The molecule has 0 amide bonds. The summed E-state index contributed by atoms with van der Waals surface area (Å²) >= 11 is 0. The van der Waals surface area contributed by atoms with E-state index in [2.05, 4.69) is 474 Å². The Hall–Kier alpha value is -14.3. The van der Waals surface area contributed by atoms with Crippen LogP contribution in [0.4, 0.5) is 68.2 Å². The molecule has 18 aromatic rings. The van der Waals surface area contributed by atoms with Gasteiger partial charge in [-0.15, -0.1) is 0 Å². The number of rotatable bonds is 19. The Balaban J connectivity index is 0.850. The summed E-state index contributed by atoms with van der Waals surface area (Å²) in [5.41, 5.74) is 39.7. The number of hydrogen-bond donors (Lipinski definition) is 0. The van der Waals surface area contributed by atoms with Gasteiger partial charge in [-0.1, -0.05) is 237 Å². The van der Waals surface area contributed by atoms with Crippen LogP contribution in [0.1, 0.15) is 44.5 Å². The fourth-order valence-corrected chi connectivity index (χ4v) is 17.2. The van der Waals surface area contributed by atoms with Gasteiger partial charge in [0.15, 0.2) is 0 Å². The number of fused-ring (bicyclic) bond motifs is 3. The normalized spacial score (nSPS) is 11.3. The molecule has 0 N–H and O–H groups in total. The molecule has 5 heteroatoms. The number of para-hydroxylation sites is 5. The molecule has 0 spiro atoms. The van der Waals surface area contributed by atoms with Crippen molar-refractivity contribution in [1.82, 2.24) is 4.57 Å². The highest BCUT2D eigenvalue weighted by molar-refractivity contribution is 6.12. The zero-order valence-electron chi connectivity index (χ0n) is 66.3. The molecular formula is C110H89N5. The number of nitrogens with zero attached hydrogens (tertiary/aromatic N) is 5. The van der Waals surface area contributed by atoms with Gasteiger partial charge in [-0.2, -0.15) is 0 Å². The van der Waals surface area contributed by atoms with Crippen molar-refractivity contribution in [1.29, 1.82) is 0 Å². The van der Waals surface area contributed by atoms with Crippen molar-refractivity contribution in [3.63, 3.8) is 0 Å². The molecule has 1 heterocycles. The minimum Gasteiger partial charge on any atom is -0.310 e. The molecule has 5 nitrogen and oxygen atoms in total. The van der Waals surface area contributed by atoms with E-state index in [-0.39, 0.29) is 0 Å². The largest absolute Gasteiger partial charge is 0.310 e. The van der Waals surface area contributed by atoms with Gasteiger partial charge in [-0.05, 0) is 324 Å². The van der Waals surface area contributed by atoms with Gasteiger partial charge < -0.3 is 24.2 Å². The summed E-state index contributed by atoms with van der Waals surface area (Å²) in [7, 11) is 0. The molecule has 18 rings (SSSR count). The average Bonchev–Trinajstić information content (AvgIpc) is 1.62. The Morgan fingerprint density at radius 2 is 0.391 bits per heavy atom. The zero-order chi connectivity index (χ0) is 78.2. The van der Waals surface area contributed by atoms with Crippen LogP contribution in [-0.4, -0.2) is 4.57 Å². The van der Waals surface area contributed by atoms with Crippen molar-refractivity contribution in [3.05, 3.63) is 439 Å². The smallest absolute Gasteiger partial charge is 0.0547 e. The third kappa shape index (κ3) is 14.1. The highest BCUT2D eigenvalue weighted by Gasteiger charge is 2.26. The van der Waals surface area contributed by atoms with Crippen molar-refractivity contribution < 1.29 is 0 Å². The monoisotopic (exact) mass is 1480 g/mol. The molecule has 17 aromatic carbocycles. The lowest BCUT2D eigenvalue weighted by atomic mass is 9.95. The van der Waals surface area contributed by atoms with Crippen LogP contribution in [0.25, 0.3) is 94.3 Å². The fraction of sp³-hybridized carbons (Fsp3) is 0.0727. The maximum Gasteiger partial charge on any atom is 0.0547 e. The van der Waals surface area contributed by atoms with Crippen LogP contribution < -0.4 is 19.6 Å². The lowest BCUT2D eigenvalue weighted by Crippen LogP contribution is -2.14. The fourth-order valence-electron chi connectivity index (χ4n) is 17.2. The Kier molecular flexibility index (Phi) is 19.6. The van der Waals surface area contributed by atoms with E-state index in [9.17, 15) is 0 Å². The maximum absolute atomic E-state index is 2.49. The highest BCUT2D eigenvalue weighted by Crippen LogP contribution is 2.50. The van der Waals surface area contributed by atoms with Crippen molar-refractivity contribution in [2.75, 3.05) is 19.6 Å². The molecule has 0 aliphatic rings. The molecule has 0 aliphatic carbocycles. The van der Waals surface area contributed by atoms with Crippen LogP contribution >= 0.6 is 0 Å². The number of benzene rings is 17. The minimum atomic E-state index is 1.02. The van der Waals surface area contributed by atoms with Gasteiger partial charge in [0.25, 0.3) is 0 Å². The number of aryl methyl sites for hydroxylation is 8. The molecule has 0 fully saturated rings. The Labute approximate surface area is 676 Å². The lowest BCUT2D eigenvalue weighted by molar-refractivity contribution is 1.18. The highest BCUT2D eigenvalue weighted by atomic mass is 15.2. The number of hydrogen-bond acceptors (Lipinski definition) is 4. The van der Waals surface area contributed by atoms with E-state index in [1.165, 1.54) is 89.0 Å². The summed E-state index contributed by atoms with van der Waals surface area (Å²) in [6.07, 6.45) is 0. The summed E-state index contributed by atoms with van der Waals surface area (Å²) in [6.45, 7) is 17.8. The summed E-state index contributed by atoms with van der Waals surface area (Å²) in [5.74, 6) is 0. The van der Waals surface area contributed by atoms with E-state index in [0.717, 1.165) is 118 Å². The van der Waals surface area contributed by atoms with Gasteiger partial charge >= 0.3 is 0 Å². The summed E-state index contributed by atoms with van der Waals surface area (Å²) in [4.78, 5) is 9.74. The Morgan fingerprint density at radius 1 is 0.157 bits per heavy atom. The van der Waals surface area contributed by atoms with E-state index in [0.29, 0.717) is 0 Å². The van der Waals surface area contributed by atoms with Gasteiger partial charge in [0.2, 0.25) is 0 Å². The molecule has 0 saturated carbocycles. The lowest BCUT2D eigenvalue weighted by Gasteiger charge is -2.31. The summed E-state index contributed by atoms with van der Waals surface area (Å²) < 4.78 is 2.49. The van der Waals surface area contributed by atoms with E-state index in [1.807, 2.05) is 0 Å². The maximum atomic E-state index is 2.49. The number of anilines is 12. The number of aromatic nitrogens is 1. The molecule has 554 valence electrons. The van der Waals surface area contributed by atoms with Crippen molar-refractivity contribution >= 4 is 90.1 Å². The Bertz CT molecular complexity index is 5950. The third-order valence-corrected chi connectivity index (χ3v) is 23.0. The second-order valence-electron chi connectivity index (χ2n) is 30.6. The SMILES string of the molecule is Cc1ccccc1-c1ccc(N(c2ccccc2)c2cc(-c3ccc4c5ccc(-c6cc(N(c7ccccc7)c7ccc(-c8ccccc8C)c(C)c7)cc(N(c7ccccc7)c7ccc(-c8ccccc8C)c(C)c7)c6)cc5n(-c5ccccc5)c4c3)cc(N(c3ccccc3)c3ccc(-c4ccccc4C)c(C)c3)c2)cc1C. The van der Waals surface area contributed by atoms with E-state index in [4.69, 9.17) is 0 Å². The molecule has 115 heavy (non-hydrogen) atoms. The second-order valence-corrected chi connectivity index (χ2v) is 30.6. The third-order valence-electron chi connectivity index (χ3n) is 23.0. The van der Waals surface area contributed by atoms with Gasteiger partial charge in [0, 0.05) is 84.7 Å². The molecule has 0 bridgehead atoms. The van der Waals surface area contributed by atoms with Crippen LogP contribution in [0.15, 0.2) is 394 Å². The molecule has 0 radical (unpaired) electrons. The first-order valence-electron chi connectivity index (χ1n) is 39.9. The van der Waals surface area contributed by atoms with Crippen molar-refractivity contribution in [2.45, 2.75) is 55.4 Å². The predicted molar refractivity (Wildman–Crippen MR) is 490 cm³/mol.